The van der Waals surface area contributed by atoms with E-state index in [4.69, 9.17) is 0 Å². The minimum absolute atomic E-state index is 0.0254. The van der Waals surface area contributed by atoms with E-state index >= 15 is 0 Å². The molecule has 0 saturated carbocycles. The molecule has 0 aromatic heterocycles. The van der Waals surface area contributed by atoms with Crippen molar-refractivity contribution in [1.29, 1.82) is 0 Å². The number of carbonyl (C=O) groups is 4. The van der Waals surface area contributed by atoms with Crippen molar-refractivity contribution in [3.8, 4) is 0 Å². The van der Waals surface area contributed by atoms with Gasteiger partial charge >= 0.3 is 0 Å². The molecule has 4 nitrogen and oxygen atoms in total. The van der Waals surface area contributed by atoms with Crippen molar-refractivity contribution in [2.75, 3.05) is 46.0 Å². The second-order valence-corrected chi connectivity index (χ2v) is 14.1. The van der Waals surface area contributed by atoms with Crippen molar-refractivity contribution < 1.29 is 19.2 Å². The van der Waals surface area contributed by atoms with E-state index in [0.29, 0.717) is 11.5 Å². The molecule has 2 atom stereocenters. The monoisotopic (exact) mass is 582 g/mol. The SMILES string of the molecule is C=CC(=O)SCCSCC(CSC(=O)C=C)SC(CSCCSC(=O)C=C)CSC(=O)C=C. The molecular weight excluding hydrogens is 553 g/mol. The largest absolute Gasteiger partial charge is 0.282 e. The molecule has 0 heterocycles. The van der Waals surface area contributed by atoms with Crippen LogP contribution in [0.25, 0.3) is 0 Å². The summed E-state index contributed by atoms with van der Waals surface area (Å²) in [5.41, 5.74) is 0. The molecule has 0 rings (SSSR count). The molecule has 184 valence electrons. The Morgan fingerprint density at radius 1 is 0.515 bits per heavy atom. The fourth-order valence-corrected chi connectivity index (χ4v) is 9.54. The van der Waals surface area contributed by atoms with E-state index in [0.717, 1.165) is 34.5 Å². The highest BCUT2D eigenvalue weighted by Gasteiger charge is 2.20. The van der Waals surface area contributed by atoms with Gasteiger partial charge in [0.25, 0.3) is 0 Å². The Bertz CT molecular complexity index is 626. The Morgan fingerprint density at radius 2 is 0.848 bits per heavy atom. The summed E-state index contributed by atoms with van der Waals surface area (Å²) >= 11 is 10.3. The third-order valence-electron chi connectivity index (χ3n) is 3.43. The highest BCUT2D eigenvalue weighted by atomic mass is 32.2. The number of hydrogen-bond donors (Lipinski definition) is 0. The second kappa shape index (κ2) is 22.5. The average molecular weight is 583 g/mol. The van der Waals surface area contributed by atoms with Crippen LogP contribution in [0.3, 0.4) is 0 Å². The van der Waals surface area contributed by atoms with Crippen LogP contribution < -0.4 is 0 Å². The summed E-state index contributed by atoms with van der Waals surface area (Å²) in [6.45, 7) is 14.0. The van der Waals surface area contributed by atoms with Crippen LogP contribution in [0.5, 0.6) is 0 Å². The zero-order valence-corrected chi connectivity index (χ0v) is 24.2. The lowest BCUT2D eigenvalue weighted by Crippen LogP contribution is -2.21. The molecule has 2 unspecified atom stereocenters. The van der Waals surface area contributed by atoms with E-state index in [1.54, 1.807) is 35.3 Å². The Hall–Kier alpha value is 0.0900. The minimum Gasteiger partial charge on any atom is -0.282 e. The molecule has 0 spiro atoms. The maximum atomic E-state index is 11.7. The van der Waals surface area contributed by atoms with Gasteiger partial charge in [-0.1, -0.05) is 73.4 Å². The topological polar surface area (TPSA) is 68.3 Å². The third kappa shape index (κ3) is 20.0. The van der Waals surface area contributed by atoms with Crippen molar-refractivity contribution >= 4 is 103 Å². The van der Waals surface area contributed by atoms with Crippen LogP contribution in [0.1, 0.15) is 0 Å². The van der Waals surface area contributed by atoms with Gasteiger partial charge in [0.15, 0.2) is 0 Å². The molecular formula is C22H30O4S7. The predicted molar refractivity (Wildman–Crippen MR) is 160 cm³/mol. The van der Waals surface area contributed by atoms with Crippen LogP contribution in [0.15, 0.2) is 50.6 Å². The maximum absolute atomic E-state index is 11.7. The first-order valence-electron chi connectivity index (χ1n) is 9.83. The number of rotatable bonds is 20. The standard InChI is InChI=1S/C22H30O4S7/c1-5-19(23)29-11-9-27-13-17(15-31-21(25)7-3)33-18(16-32-22(26)8-4)14-28-10-12-30-20(24)6-2/h5-8,17-18H,1-4,9-16H2. The van der Waals surface area contributed by atoms with Gasteiger partial charge in [0, 0.05) is 56.5 Å². The molecule has 0 bridgehead atoms. The lowest BCUT2D eigenvalue weighted by Gasteiger charge is -2.22. The lowest BCUT2D eigenvalue weighted by atomic mass is 10.5. The van der Waals surface area contributed by atoms with Gasteiger partial charge in [0.05, 0.1) is 0 Å². The van der Waals surface area contributed by atoms with E-state index in [-0.39, 0.29) is 31.0 Å². The van der Waals surface area contributed by atoms with Gasteiger partial charge in [0.2, 0.25) is 20.5 Å². The Kier molecular flexibility index (Phi) is 22.6. The first kappa shape index (κ1) is 33.1. The summed E-state index contributed by atoms with van der Waals surface area (Å²) in [5.74, 6) is 6.10. The minimum atomic E-state index is -0.0521. The van der Waals surface area contributed by atoms with Crippen molar-refractivity contribution in [1.82, 2.24) is 0 Å². The quantitative estimate of drug-likeness (QED) is 0.131. The molecule has 33 heavy (non-hydrogen) atoms. The fraction of sp³-hybridized carbons (Fsp3) is 0.455. The van der Waals surface area contributed by atoms with Crippen molar-refractivity contribution in [2.24, 2.45) is 0 Å². The van der Waals surface area contributed by atoms with Gasteiger partial charge in [-0.05, 0) is 24.3 Å². The van der Waals surface area contributed by atoms with Gasteiger partial charge in [-0.25, -0.2) is 0 Å². The highest BCUT2D eigenvalue weighted by Crippen LogP contribution is 2.30. The van der Waals surface area contributed by atoms with Gasteiger partial charge in [-0.15, -0.1) is 0 Å². The van der Waals surface area contributed by atoms with Gasteiger partial charge in [-0.2, -0.15) is 35.3 Å². The van der Waals surface area contributed by atoms with Gasteiger partial charge in [-0.3, -0.25) is 19.2 Å². The zero-order valence-electron chi connectivity index (χ0n) is 18.4. The van der Waals surface area contributed by atoms with Crippen molar-refractivity contribution in [3.63, 3.8) is 0 Å². The summed E-state index contributed by atoms with van der Waals surface area (Å²) in [6.07, 6.45) is 5.29. The lowest BCUT2D eigenvalue weighted by molar-refractivity contribution is -0.107. The molecule has 0 aliphatic rings. The summed E-state index contributed by atoms with van der Waals surface area (Å²) in [4.78, 5) is 46.2. The van der Waals surface area contributed by atoms with Gasteiger partial charge in [0.1, 0.15) is 0 Å². The normalized spacial score (nSPS) is 12.4. The molecule has 0 aliphatic heterocycles. The molecule has 0 fully saturated rings. The van der Waals surface area contributed by atoms with E-state index < -0.39 is 0 Å². The number of hydrogen-bond acceptors (Lipinski definition) is 11. The Morgan fingerprint density at radius 3 is 1.18 bits per heavy atom. The van der Waals surface area contributed by atoms with Crippen LogP contribution in [0.2, 0.25) is 0 Å². The van der Waals surface area contributed by atoms with Crippen LogP contribution in [-0.4, -0.2) is 77.0 Å². The third-order valence-corrected chi connectivity index (χ3v) is 12.2. The van der Waals surface area contributed by atoms with Crippen molar-refractivity contribution in [3.05, 3.63) is 50.6 Å². The maximum Gasteiger partial charge on any atom is 0.211 e. The average Bonchev–Trinajstić information content (AvgIpc) is 2.83. The van der Waals surface area contributed by atoms with E-state index in [9.17, 15) is 19.2 Å². The number of thioether (sulfide) groups is 7. The number of carbonyl (C=O) groups excluding carboxylic acids is 4. The Labute approximate surface area is 227 Å². The molecule has 0 radical (unpaired) electrons. The molecule has 0 amide bonds. The molecule has 0 aromatic rings. The molecule has 0 aromatic carbocycles. The molecule has 11 heteroatoms. The summed E-state index contributed by atoms with van der Waals surface area (Å²) in [7, 11) is 0. The van der Waals surface area contributed by atoms with E-state index in [2.05, 4.69) is 26.3 Å². The van der Waals surface area contributed by atoms with E-state index in [1.165, 1.54) is 71.4 Å². The highest BCUT2D eigenvalue weighted by molar-refractivity contribution is 8.16. The predicted octanol–water partition coefficient (Wildman–Crippen LogP) is 5.71. The zero-order chi connectivity index (χ0) is 24.9. The molecule has 0 N–H and O–H groups in total. The first-order valence-corrected chi connectivity index (χ1v) is 17.0. The van der Waals surface area contributed by atoms with Crippen molar-refractivity contribution in [2.45, 2.75) is 10.5 Å². The van der Waals surface area contributed by atoms with Gasteiger partial charge < -0.3 is 0 Å². The Balaban J connectivity index is 4.83. The van der Waals surface area contributed by atoms with Crippen LogP contribution in [0, 0.1) is 0 Å². The van der Waals surface area contributed by atoms with E-state index in [1.807, 2.05) is 0 Å². The summed E-state index contributed by atoms with van der Waals surface area (Å²) < 4.78 is 0. The molecule has 0 saturated heterocycles. The molecule has 0 aliphatic carbocycles. The smallest absolute Gasteiger partial charge is 0.211 e. The summed E-state index contributed by atoms with van der Waals surface area (Å²) in [6, 6.07) is 0. The van der Waals surface area contributed by atoms with Crippen LogP contribution >= 0.6 is 82.3 Å². The summed E-state index contributed by atoms with van der Waals surface area (Å²) in [5, 5.41) is 0.273. The van der Waals surface area contributed by atoms with Crippen LogP contribution in [0.4, 0.5) is 0 Å². The first-order chi connectivity index (χ1) is 15.9. The second-order valence-electron chi connectivity index (χ2n) is 5.94. The fourth-order valence-electron chi connectivity index (χ4n) is 1.94. The van der Waals surface area contributed by atoms with Crippen LogP contribution in [-0.2, 0) is 19.2 Å².